The second-order valence-electron chi connectivity index (χ2n) is 8.01. The molecule has 4 rings (SSSR count). The number of rotatable bonds is 5. The summed E-state index contributed by atoms with van der Waals surface area (Å²) in [5, 5.41) is 1.50. The molecule has 154 valence electrons. The first-order chi connectivity index (χ1) is 15.2. The van der Waals surface area contributed by atoms with Gasteiger partial charge in [0, 0.05) is 22.1 Å². The number of hydrogen-bond donors (Lipinski definition) is 0. The zero-order valence-electron chi connectivity index (χ0n) is 18.2. The highest BCUT2D eigenvalue weighted by Gasteiger charge is 2.10. The first-order valence-electron chi connectivity index (χ1n) is 11.1. The molecule has 0 fully saturated rings. The van der Waals surface area contributed by atoms with Gasteiger partial charge in [-0.05, 0) is 59.2 Å². The summed E-state index contributed by atoms with van der Waals surface area (Å²) in [6.07, 6.45) is 4.39. The van der Waals surface area contributed by atoms with Gasteiger partial charge in [-0.25, -0.2) is 4.39 Å². The molecule has 1 heteroatoms. The van der Waals surface area contributed by atoms with Crippen LogP contribution in [-0.2, 0) is 12.8 Å². The van der Waals surface area contributed by atoms with E-state index in [0.29, 0.717) is 10.9 Å². The minimum atomic E-state index is -0.174. The molecule has 0 radical (unpaired) electrons. The van der Waals surface area contributed by atoms with Gasteiger partial charge in [0.05, 0.1) is 0 Å². The average molecular weight is 407 g/mol. The molecule has 0 nitrogen and oxygen atoms in total. The van der Waals surface area contributed by atoms with Gasteiger partial charge in [-0.3, -0.25) is 0 Å². The Labute approximate surface area is 184 Å². The van der Waals surface area contributed by atoms with Crippen LogP contribution in [0.2, 0.25) is 0 Å². The van der Waals surface area contributed by atoms with E-state index in [2.05, 4.69) is 62.1 Å². The number of benzene rings is 4. The van der Waals surface area contributed by atoms with E-state index in [-0.39, 0.29) is 5.82 Å². The lowest BCUT2D eigenvalue weighted by Gasteiger charge is -2.08. The summed E-state index contributed by atoms with van der Waals surface area (Å²) in [5.41, 5.74) is 6.06. The standard InChI is InChI=1S/C30H27F/c1-3-5-22-7-9-24(10-8-22)11-12-25-15-19-29-27(21-25)18-20-28(30(29)31)26-16-13-23(6-4-2)14-17-26/h7-10,13-21H,3-6H2,1-2H3. The molecule has 0 aromatic heterocycles. The Morgan fingerprint density at radius 3 is 1.87 bits per heavy atom. The molecule has 31 heavy (non-hydrogen) atoms. The van der Waals surface area contributed by atoms with Crippen molar-refractivity contribution in [3.8, 4) is 23.0 Å². The van der Waals surface area contributed by atoms with E-state index in [9.17, 15) is 0 Å². The van der Waals surface area contributed by atoms with Crippen LogP contribution in [-0.4, -0.2) is 0 Å². The molecule has 0 amide bonds. The molecule has 0 unspecified atom stereocenters. The van der Waals surface area contributed by atoms with Gasteiger partial charge in [0.2, 0.25) is 0 Å². The molecule has 0 saturated carbocycles. The third-order valence-corrected chi connectivity index (χ3v) is 5.60. The average Bonchev–Trinajstić information content (AvgIpc) is 2.80. The van der Waals surface area contributed by atoms with Gasteiger partial charge >= 0.3 is 0 Å². The Kier molecular flexibility index (Phi) is 6.48. The highest BCUT2D eigenvalue weighted by atomic mass is 19.1. The van der Waals surface area contributed by atoms with E-state index in [4.69, 9.17) is 0 Å². The van der Waals surface area contributed by atoms with Crippen LogP contribution in [0.4, 0.5) is 4.39 Å². The molecule has 4 aromatic carbocycles. The maximum Gasteiger partial charge on any atom is 0.138 e. The summed E-state index contributed by atoms with van der Waals surface area (Å²) in [6.45, 7) is 4.35. The molecular formula is C30H27F. The first-order valence-corrected chi connectivity index (χ1v) is 11.1. The van der Waals surface area contributed by atoms with Crippen LogP contribution in [0.5, 0.6) is 0 Å². The Hall–Kier alpha value is -3.37. The van der Waals surface area contributed by atoms with Gasteiger partial charge in [0.15, 0.2) is 0 Å². The highest BCUT2D eigenvalue weighted by Crippen LogP contribution is 2.30. The Morgan fingerprint density at radius 2 is 1.23 bits per heavy atom. The molecule has 0 atom stereocenters. The molecule has 0 heterocycles. The van der Waals surface area contributed by atoms with Crippen molar-refractivity contribution in [1.82, 2.24) is 0 Å². The predicted molar refractivity (Wildman–Crippen MR) is 130 cm³/mol. The molecule has 0 aliphatic rings. The van der Waals surface area contributed by atoms with Crippen LogP contribution >= 0.6 is 0 Å². The summed E-state index contributed by atoms with van der Waals surface area (Å²) in [4.78, 5) is 0. The fourth-order valence-corrected chi connectivity index (χ4v) is 3.92. The monoisotopic (exact) mass is 406 g/mol. The van der Waals surface area contributed by atoms with Crippen molar-refractivity contribution in [2.45, 2.75) is 39.5 Å². The van der Waals surface area contributed by atoms with Crippen molar-refractivity contribution >= 4 is 10.8 Å². The number of aryl methyl sites for hydroxylation is 2. The van der Waals surface area contributed by atoms with Gasteiger partial charge in [-0.2, -0.15) is 0 Å². The Balaban J connectivity index is 1.60. The lowest BCUT2D eigenvalue weighted by Crippen LogP contribution is -1.89. The predicted octanol–water partition coefficient (Wildman–Crippen LogP) is 7.95. The SMILES string of the molecule is CCCc1ccc(C#Cc2ccc3c(F)c(-c4ccc(CCC)cc4)ccc3c2)cc1. The number of hydrogen-bond acceptors (Lipinski definition) is 0. The maximum absolute atomic E-state index is 15.3. The normalized spacial score (nSPS) is 10.7. The van der Waals surface area contributed by atoms with Gasteiger partial charge < -0.3 is 0 Å². The van der Waals surface area contributed by atoms with E-state index in [0.717, 1.165) is 47.8 Å². The molecule has 0 saturated heterocycles. The fraction of sp³-hybridized carbons (Fsp3) is 0.200. The van der Waals surface area contributed by atoms with E-state index in [1.165, 1.54) is 11.1 Å². The van der Waals surface area contributed by atoms with Gasteiger partial charge in [0.25, 0.3) is 0 Å². The van der Waals surface area contributed by atoms with Crippen molar-refractivity contribution in [3.05, 3.63) is 107 Å². The van der Waals surface area contributed by atoms with Gasteiger partial charge in [-0.15, -0.1) is 0 Å². The van der Waals surface area contributed by atoms with E-state index in [1.807, 2.05) is 42.5 Å². The molecular weight excluding hydrogens is 379 g/mol. The van der Waals surface area contributed by atoms with Crippen LogP contribution in [0.3, 0.4) is 0 Å². The van der Waals surface area contributed by atoms with E-state index in [1.54, 1.807) is 0 Å². The minimum Gasteiger partial charge on any atom is -0.206 e. The Bertz CT molecular complexity index is 1240. The zero-order valence-corrected chi connectivity index (χ0v) is 18.2. The largest absolute Gasteiger partial charge is 0.206 e. The second-order valence-corrected chi connectivity index (χ2v) is 8.01. The van der Waals surface area contributed by atoms with Crippen LogP contribution in [0, 0.1) is 17.7 Å². The summed E-state index contributed by atoms with van der Waals surface area (Å²) < 4.78 is 15.3. The number of fused-ring (bicyclic) bond motifs is 1. The van der Waals surface area contributed by atoms with Crippen molar-refractivity contribution in [1.29, 1.82) is 0 Å². The quantitative estimate of drug-likeness (QED) is 0.295. The third kappa shape index (κ3) is 4.86. The van der Waals surface area contributed by atoms with E-state index >= 15 is 4.39 Å². The lowest BCUT2D eigenvalue weighted by molar-refractivity contribution is 0.643. The summed E-state index contributed by atoms with van der Waals surface area (Å²) in [6, 6.07) is 26.2. The van der Waals surface area contributed by atoms with Crippen LogP contribution in [0.25, 0.3) is 21.9 Å². The molecule has 0 aliphatic heterocycles. The zero-order chi connectivity index (χ0) is 21.6. The second kappa shape index (κ2) is 9.63. The molecule has 0 bridgehead atoms. The van der Waals surface area contributed by atoms with Crippen molar-refractivity contribution in [2.75, 3.05) is 0 Å². The first kappa shape index (κ1) is 20.9. The topological polar surface area (TPSA) is 0 Å². The summed E-state index contributed by atoms with van der Waals surface area (Å²) >= 11 is 0. The maximum atomic E-state index is 15.3. The minimum absolute atomic E-state index is 0.174. The fourth-order valence-electron chi connectivity index (χ4n) is 3.92. The summed E-state index contributed by atoms with van der Waals surface area (Å²) in [7, 11) is 0. The Morgan fingerprint density at radius 1 is 0.645 bits per heavy atom. The molecule has 4 aromatic rings. The van der Waals surface area contributed by atoms with Crippen LogP contribution < -0.4 is 0 Å². The highest BCUT2D eigenvalue weighted by molar-refractivity contribution is 5.89. The van der Waals surface area contributed by atoms with Crippen molar-refractivity contribution in [2.24, 2.45) is 0 Å². The van der Waals surface area contributed by atoms with Gasteiger partial charge in [-0.1, -0.05) is 93.1 Å². The van der Waals surface area contributed by atoms with Crippen LogP contribution in [0.1, 0.15) is 48.9 Å². The van der Waals surface area contributed by atoms with Crippen molar-refractivity contribution < 1.29 is 4.39 Å². The smallest absolute Gasteiger partial charge is 0.138 e. The van der Waals surface area contributed by atoms with Crippen molar-refractivity contribution in [3.63, 3.8) is 0 Å². The van der Waals surface area contributed by atoms with Gasteiger partial charge in [0.1, 0.15) is 5.82 Å². The lowest BCUT2D eigenvalue weighted by atomic mass is 9.97. The molecule has 0 aliphatic carbocycles. The molecule has 0 spiro atoms. The van der Waals surface area contributed by atoms with Crippen LogP contribution in [0.15, 0.2) is 78.9 Å². The summed E-state index contributed by atoms with van der Waals surface area (Å²) in [5.74, 6) is 6.26. The third-order valence-electron chi connectivity index (χ3n) is 5.60. The molecule has 0 N–H and O–H groups in total. The van der Waals surface area contributed by atoms with E-state index < -0.39 is 0 Å². The number of halogens is 1.